The quantitative estimate of drug-likeness (QED) is 0.416. The smallest absolute Gasteiger partial charge is 0.290 e. The van der Waals surface area contributed by atoms with Crippen molar-refractivity contribution in [2.45, 2.75) is 19.4 Å². The zero-order chi connectivity index (χ0) is 26.5. The van der Waals surface area contributed by atoms with Crippen LogP contribution in [-0.2, 0) is 11.3 Å². The van der Waals surface area contributed by atoms with Gasteiger partial charge in [-0.05, 0) is 61.3 Å². The third-order valence-corrected chi connectivity index (χ3v) is 7.17. The van der Waals surface area contributed by atoms with E-state index in [2.05, 4.69) is 35.5 Å². The minimum atomic E-state index is -0.386. The summed E-state index contributed by atoms with van der Waals surface area (Å²) < 4.78 is 0. The Kier molecular flexibility index (Phi) is 7.89. The van der Waals surface area contributed by atoms with Gasteiger partial charge in [0.15, 0.2) is 0 Å². The first-order valence-electron chi connectivity index (χ1n) is 12.4. The van der Waals surface area contributed by atoms with Crippen molar-refractivity contribution in [3.63, 3.8) is 0 Å². The molecule has 2 amide bonds. The highest BCUT2D eigenvalue weighted by molar-refractivity contribution is 8.18. The molecule has 2 aliphatic rings. The molecular formula is C26H29N9O2S. The van der Waals surface area contributed by atoms with E-state index in [9.17, 15) is 9.59 Å². The van der Waals surface area contributed by atoms with Crippen LogP contribution in [0.3, 0.4) is 0 Å². The lowest BCUT2D eigenvalue weighted by Gasteiger charge is -2.32. The fourth-order valence-electron chi connectivity index (χ4n) is 4.31. The zero-order valence-corrected chi connectivity index (χ0v) is 22.1. The van der Waals surface area contributed by atoms with E-state index in [0.29, 0.717) is 35.0 Å². The number of pyridine rings is 1. The summed E-state index contributed by atoms with van der Waals surface area (Å²) in [4.78, 5) is 50.1. The molecule has 2 saturated heterocycles. The highest BCUT2D eigenvalue weighted by atomic mass is 32.2. The largest absolute Gasteiger partial charge is 0.347 e. The summed E-state index contributed by atoms with van der Waals surface area (Å²) >= 11 is 0.886. The summed E-state index contributed by atoms with van der Waals surface area (Å²) in [7, 11) is 3.83. The van der Waals surface area contributed by atoms with Gasteiger partial charge in [0.1, 0.15) is 0 Å². The number of carbonyl (C=O) groups excluding carboxylic acids is 2. The number of carbonyl (C=O) groups is 2. The third-order valence-electron chi connectivity index (χ3n) is 6.36. The summed E-state index contributed by atoms with van der Waals surface area (Å²) in [6, 6.07) is 7.75. The molecule has 0 aromatic carbocycles. The summed E-state index contributed by atoms with van der Waals surface area (Å²) in [5.41, 5.74) is 3.35. The van der Waals surface area contributed by atoms with Crippen LogP contribution in [0.4, 0.5) is 16.7 Å². The van der Waals surface area contributed by atoms with Gasteiger partial charge in [0.2, 0.25) is 11.9 Å². The Morgan fingerprint density at radius 2 is 1.89 bits per heavy atom. The van der Waals surface area contributed by atoms with E-state index in [-0.39, 0.29) is 11.1 Å². The molecule has 2 fully saturated rings. The van der Waals surface area contributed by atoms with Crippen LogP contribution in [0.2, 0.25) is 0 Å². The molecule has 3 aromatic heterocycles. The van der Waals surface area contributed by atoms with Crippen LogP contribution in [0, 0.1) is 5.92 Å². The summed E-state index contributed by atoms with van der Waals surface area (Å²) in [6.45, 7) is 3.32. The number of anilines is 2. The lowest BCUT2D eigenvalue weighted by Crippen LogP contribution is -2.38. The van der Waals surface area contributed by atoms with Gasteiger partial charge in [0, 0.05) is 57.9 Å². The Morgan fingerprint density at radius 1 is 1.11 bits per heavy atom. The highest BCUT2D eigenvalue weighted by Gasteiger charge is 2.25. The van der Waals surface area contributed by atoms with Crippen LogP contribution >= 0.6 is 11.8 Å². The molecule has 0 aliphatic carbocycles. The van der Waals surface area contributed by atoms with Crippen LogP contribution in [0.25, 0.3) is 17.3 Å². The summed E-state index contributed by atoms with van der Waals surface area (Å²) in [6.07, 6.45) is 8.97. The van der Waals surface area contributed by atoms with E-state index in [1.807, 2.05) is 37.2 Å². The number of amides is 2. The average Bonchev–Trinajstić information content (AvgIpc) is 3.25. The number of hydrogen-bond donors (Lipinski definition) is 2. The Labute approximate surface area is 225 Å². The maximum absolute atomic E-state index is 11.8. The molecule has 2 N–H and O–H groups in total. The maximum atomic E-state index is 11.8. The SMILES string of the molecule is CN(C)c1ncc(-c2cccc(CNCC3CCN(c4nccc(/C=C5/SC(=O)NC5=O)n4)CC3)n2)cn1. The van der Waals surface area contributed by atoms with Gasteiger partial charge in [-0.3, -0.25) is 19.9 Å². The van der Waals surface area contributed by atoms with Gasteiger partial charge in [-0.15, -0.1) is 0 Å². The standard InChI is InChI=1S/C26H29N9O2S/c1-34(2)24-29-14-18(15-30-24)21-5-3-4-20(31-21)16-27-13-17-7-10-35(11-8-17)25-28-9-6-19(32-25)12-22-23(36)33-26(37)38-22/h3-6,9,12,14-15,17,27H,7-8,10-11,13,16H2,1-2H3,(H,33,36,37)/b22-12+. The molecule has 0 unspecified atom stereocenters. The monoisotopic (exact) mass is 531 g/mol. The molecule has 5 heterocycles. The number of piperidine rings is 1. The molecule has 0 radical (unpaired) electrons. The van der Waals surface area contributed by atoms with Gasteiger partial charge in [0.25, 0.3) is 11.1 Å². The number of imide groups is 1. The van der Waals surface area contributed by atoms with Gasteiger partial charge < -0.3 is 15.1 Å². The third kappa shape index (κ3) is 6.32. The first-order valence-corrected chi connectivity index (χ1v) is 13.3. The number of nitrogens with zero attached hydrogens (tertiary/aromatic N) is 7. The van der Waals surface area contributed by atoms with Crippen molar-refractivity contribution in [1.82, 2.24) is 35.6 Å². The van der Waals surface area contributed by atoms with E-state index < -0.39 is 0 Å². The highest BCUT2D eigenvalue weighted by Crippen LogP contribution is 2.26. The van der Waals surface area contributed by atoms with Crippen LogP contribution in [-0.4, -0.2) is 69.8 Å². The Bertz CT molecular complexity index is 1340. The Morgan fingerprint density at radius 3 is 2.61 bits per heavy atom. The minimum absolute atomic E-state index is 0.347. The molecule has 2 aliphatic heterocycles. The second-order valence-corrected chi connectivity index (χ2v) is 10.4. The molecular weight excluding hydrogens is 502 g/mol. The topological polar surface area (TPSA) is 129 Å². The lowest BCUT2D eigenvalue weighted by molar-refractivity contribution is -0.115. The van der Waals surface area contributed by atoms with Gasteiger partial charge in [-0.1, -0.05) is 6.07 Å². The van der Waals surface area contributed by atoms with Crippen molar-refractivity contribution in [1.29, 1.82) is 0 Å². The van der Waals surface area contributed by atoms with E-state index in [1.165, 1.54) is 0 Å². The van der Waals surface area contributed by atoms with Crippen LogP contribution in [0.15, 0.2) is 47.8 Å². The van der Waals surface area contributed by atoms with Crippen LogP contribution in [0.1, 0.15) is 24.2 Å². The van der Waals surface area contributed by atoms with Crippen molar-refractivity contribution in [3.8, 4) is 11.3 Å². The average molecular weight is 532 g/mol. The van der Waals surface area contributed by atoms with Gasteiger partial charge in [0.05, 0.1) is 22.0 Å². The van der Waals surface area contributed by atoms with E-state index in [1.54, 1.807) is 30.7 Å². The van der Waals surface area contributed by atoms with Gasteiger partial charge in [-0.2, -0.15) is 0 Å². The second kappa shape index (κ2) is 11.7. The number of rotatable bonds is 8. The van der Waals surface area contributed by atoms with Gasteiger partial charge >= 0.3 is 0 Å². The molecule has 0 bridgehead atoms. The Hall–Kier alpha value is -3.90. The van der Waals surface area contributed by atoms with Crippen LogP contribution in [0.5, 0.6) is 0 Å². The molecule has 0 saturated carbocycles. The van der Waals surface area contributed by atoms with Gasteiger partial charge in [-0.25, -0.2) is 19.9 Å². The zero-order valence-electron chi connectivity index (χ0n) is 21.3. The molecule has 5 rings (SSSR count). The van der Waals surface area contributed by atoms with Crippen molar-refractivity contribution in [3.05, 3.63) is 59.1 Å². The minimum Gasteiger partial charge on any atom is -0.347 e. The molecule has 12 heteroatoms. The number of nitrogens with one attached hydrogen (secondary N) is 2. The number of thioether (sulfide) groups is 1. The predicted octanol–water partition coefficient (Wildman–Crippen LogP) is 2.72. The van der Waals surface area contributed by atoms with Crippen LogP contribution < -0.4 is 20.4 Å². The number of hydrogen-bond acceptors (Lipinski definition) is 11. The first kappa shape index (κ1) is 25.7. The molecule has 38 heavy (non-hydrogen) atoms. The van der Waals surface area contributed by atoms with E-state index in [4.69, 9.17) is 4.98 Å². The van der Waals surface area contributed by atoms with Crippen molar-refractivity contribution in [2.24, 2.45) is 5.92 Å². The predicted molar refractivity (Wildman–Crippen MR) is 147 cm³/mol. The summed E-state index contributed by atoms with van der Waals surface area (Å²) in [5.74, 6) is 1.48. The molecule has 196 valence electrons. The Balaban J connectivity index is 1.10. The van der Waals surface area contributed by atoms with E-state index in [0.717, 1.165) is 61.2 Å². The second-order valence-electron chi connectivity index (χ2n) is 9.38. The first-order chi connectivity index (χ1) is 18.4. The maximum Gasteiger partial charge on any atom is 0.290 e. The summed E-state index contributed by atoms with van der Waals surface area (Å²) in [5, 5.41) is 5.46. The van der Waals surface area contributed by atoms with Crippen molar-refractivity contribution in [2.75, 3.05) is 43.5 Å². The molecule has 0 atom stereocenters. The molecule has 0 spiro atoms. The normalized spacial score (nSPS) is 17.2. The van der Waals surface area contributed by atoms with E-state index >= 15 is 0 Å². The number of aromatic nitrogens is 5. The fraction of sp³-hybridized carbons (Fsp3) is 0.346. The molecule has 11 nitrogen and oxygen atoms in total. The fourth-order valence-corrected chi connectivity index (χ4v) is 4.98. The van der Waals surface area contributed by atoms with Crippen molar-refractivity contribution < 1.29 is 9.59 Å². The van der Waals surface area contributed by atoms with Crippen molar-refractivity contribution >= 4 is 40.9 Å². The lowest BCUT2D eigenvalue weighted by atomic mass is 9.97. The molecule has 3 aromatic rings.